The van der Waals surface area contributed by atoms with Crippen molar-refractivity contribution < 1.29 is 23.1 Å². The summed E-state index contributed by atoms with van der Waals surface area (Å²) >= 11 is 0. The predicted molar refractivity (Wildman–Crippen MR) is 101 cm³/mol. The number of phenols is 1. The van der Waals surface area contributed by atoms with Crippen LogP contribution in [0, 0.1) is 0 Å². The van der Waals surface area contributed by atoms with Crippen LogP contribution < -0.4 is 10.2 Å². The summed E-state index contributed by atoms with van der Waals surface area (Å²) in [5.74, 6) is 0.120. The highest BCUT2D eigenvalue weighted by Crippen LogP contribution is 2.36. The molecule has 0 aromatic heterocycles. The van der Waals surface area contributed by atoms with Crippen LogP contribution in [0.2, 0.25) is 0 Å². The topological polar surface area (TPSA) is 55.8 Å². The van der Waals surface area contributed by atoms with Gasteiger partial charge < -0.3 is 20.2 Å². The van der Waals surface area contributed by atoms with Crippen LogP contribution in [0.3, 0.4) is 0 Å². The van der Waals surface area contributed by atoms with E-state index in [1.54, 1.807) is 19.2 Å². The summed E-state index contributed by atoms with van der Waals surface area (Å²) in [6.07, 6.45) is -2.55. The van der Waals surface area contributed by atoms with E-state index in [0.29, 0.717) is 5.69 Å². The van der Waals surface area contributed by atoms with Gasteiger partial charge in [0.2, 0.25) is 0 Å². The Hall–Kier alpha value is -2.90. The highest BCUT2D eigenvalue weighted by molar-refractivity contribution is 5.93. The number of carbonyl (C=O) groups is 1. The van der Waals surface area contributed by atoms with Crippen molar-refractivity contribution in [3.63, 3.8) is 0 Å². The molecular formula is C20H22F3N3O2. The molecule has 1 fully saturated rings. The van der Waals surface area contributed by atoms with Crippen LogP contribution in [0.15, 0.2) is 42.5 Å². The van der Waals surface area contributed by atoms with Gasteiger partial charge in [0, 0.05) is 26.7 Å². The number of phenolic OH excluding ortho intramolecular Hbond substituents is 1. The monoisotopic (exact) mass is 393 g/mol. The second-order valence-corrected chi connectivity index (χ2v) is 6.88. The number of anilines is 2. The van der Waals surface area contributed by atoms with E-state index in [4.69, 9.17) is 0 Å². The Morgan fingerprint density at radius 1 is 1.14 bits per heavy atom. The average Bonchev–Trinajstić information content (AvgIpc) is 3.17. The van der Waals surface area contributed by atoms with Crippen molar-refractivity contribution in [3.05, 3.63) is 53.6 Å². The van der Waals surface area contributed by atoms with Gasteiger partial charge >= 0.3 is 12.2 Å². The number of halogens is 3. The summed E-state index contributed by atoms with van der Waals surface area (Å²) in [5, 5.41) is 12.0. The molecule has 0 unspecified atom stereocenters. The van der Waals surface area contributed by atoms with Gasteiger partial charge in [-0.2, -0.15) is 13.2 Å². The fraction of sp³-hybridized carbons (Fsp3) is 0.350. The van der Waals surface area contributed by atoms with Gasteiger partial charge in [-0.15, -0.1) is 0 Å². The van der Waals surface area contributed by atoms with Crippen molar-refractivity contribution in [2.45, 2.75) is 25.6 Å². The number of nitrogens with zero attached hydrogens (tertiary/aromatic N) is 2. The Labute approximate surface area is 161 Å². The standard InChI is InChI=1S/C20H22F3N3O2/c1-25(13-14-4-7-16(27)8-5-14)19(28)24-17-12-15(20(21,22)23)6-9-18(17)26-10-2-3-11-26/h4-9,12,27H,2-3,10-11,13H2,1H3,(H,24,28). The normalized spacial score (nSPS) is 14.2. The van der Waals surface area contributed by atoms with Gasteiger partial charge in [-0.1, -0.05) is 12.1 Å². The number of carbonyl (C=O) groups excluding carboxylic acids is 1. The number of rotatable bonds is 4. The van der Waals surface area contributed by atoms with E-state index in [1.165, 1.54) is 23.1 Å². The number of nitrogens with one attached hydrogen (secondary N) is 1. The molecule has 0 radical (unpaired) electrons. The minimum Gasteiger partial charge on any atom is -0.508 e. The fourth-order valence-electron chi connectivity index (χ4n) is 3.20. The second-order valence-electron chi connectivity index (χ2n) is 6.88. The van der Waals surface area contributed by atoms with Crippen molar-refractivity contribution in [1.82, 2.24) is 4.90 Å². The first-order valence-electron chi connectivity index (χ1n) is 9.00. The summed E-state index contributed by atoms with van der Waals surface area (Å²) in [7, 11) is 1.56. The third-order valence-corrected chi connectivity index (χ3v) is 4.72. The maximum atomic E-state index is 13.1. The Bertz CT molecular complexity index is 832. The highest BCUT2D eigenvalue weighted by atomic mass is 19.4. The van der Waals surface area contributed by atoms with Crippen LogP contribution in [0.5, 0.6) is 5.75 Å². The van der Waals surface area contributed by atoms with E-state index in [-0.39, 0.29) is 18.0 Å². The number of urea groups is 1. The van der Waals surface area contributed by atoms with E-state index in [1.807, 2.05) is 4.90 Å². The van der Waals surface area contributed by atoms with Crippen molar-refractivity contribution in [2.24, 2.45) is 0 Å². The van der Waals surface area contributed by atoms with Gasteiger partial charge in [-0.25, -0.2) is 4.79 Å². The summed E-state index contributed by atoms with van der Waals surface area (Å²) in [6.45, 7) is 1.75. The molecule has 1 aliphatic heterocycles. The van der Waals surface area contributed by atoms with Crippen LogP contribution in [0.1, 0.15) is 24.0 Å². The fourth-order valence-corrected chi connectivity index (χ4v) is 3.20. The predicted octanol–water partition coefficient (Wildman–Crippen LogP) is 4.68. The molecule has 2 N–H and O–H groups in total. The molecule has 0 bridgehead atoms. The Balaban J connectivity index is 1.79. The lowest BCUT2D eigenvalue weighted by Gasteiger charge is -2.25. The molecule has 0 spiro atoms. The summed E-state index contributed by atoms with van der Waals surface area (Å²) < 4.78 is 39.4. The van der Waals surface area contributed by atoms with Crippen LogP contribution in [0.25, 0.3) is 0 Å². The van der Waals surface area contributed by atoms with Crippen LogP contribution in [0.4, 0.5) is 29.3 Å². The highest BCUT2D eigenvalue weighted by Gasteiger charge is 2.32. The maximum Gasteiger partial charge on any atom is 0.416 e. The number of amides is 2. The Morgan fingerprint density at radius 2 is 1.79 bits per heavy atom. The number of alkyl halides is 3. The van der Waals surface area contributed by atoms with E-state index < -0.39 is 17.8 Å². The minimum absolute atomic E-state index is 0.120. The molecular weight excluding hydrogens is 371 g/mol. The van der Waals surface area contributed by atoms with Crippen LogP contribution in [-0.4, -0.2) is 36.2 Å². The summed E-state index contributed by atoms with van der Waals surface area (Å²) in [5.41, 5.74) is 0.738. The lowest BCUT2D eigenvalue weighted by molar-refractivity contribution is -0.137. The molecule has 3 rings (SSSR count). The van der Waals surface area contributed by atoms with Gasteiger partial charge in [0.05, 0.1) is 16.9 Å². The SMILES string of the molecule is CN(Cc1ccc(O)cc1)C(=O)Nc1cc(C(F)(F)F)ccc1N1CCCC1. The first-order valence-corrected chi connectivity index (χ1v) is 9.00. The van der Waals surface area contributed by atoms with Gasteiger partial charge in [0.1, 0.15) is 5.75 Å². The molecule has 8 heteroatoms. The molecule has 1 heterocycles. The Kier molecular flexibility index (Phi) is 5.67. The van der Waals surface area contributed by atoms with E-state index in [0.717, 1.165) is 43.6 Å². The van der Waals surface area contributed by atoms with Crippen LogP contribution >= 0.6 is 0 Å². The smallest absolute Gasteiger partial charge is 0.416 e. The number of benzene rings is 2. The number of aromatic hydroxyl groups is 1. The largest absolute Gasteiger partial charge is 0.508 e. The van der Waals surface area contributed by atoms with Crippen molar-refractivity contribution in [2.75, 3.05) is 30.4 Å². The van der Waals surface area contributed by atoms with Crippen molar-refractivity contribution in [3.8, 4) is 5.75 Å². The molecule has 2 aromatic carbocycles. The molecule has 28 heavy (non-hydrogen) atoms. The molecule has 1 aliphatic rings. The molecule has 0 aliphatic carbocycles. The van der Waals surface area contributed by atoms with Gasteiger partial charge in [0.25, 0.3) is 0 Å². The molecule has 0 saturated carbocycles. The first-order chi connectivity index (χ1) is 13.2. The van der Waals surface area contributed by atoms with Crippen LogP contribution in [-0.2, 0) is 12.7 Å². The summed E-state index contributed by atoms with van der Waals surface area (Å²) in [4.78, 5) is 15.9. The zero-order chi connectivity index (χ0) is 20.3. The Morgan fingerprint density at radius 3 is 2.39 bits per heavy atom. The third-order valence-electron chi connectivity index (χ3n) is 4.72. The average molecular weight is 393 g/mol. The molecule has 2 aromatic rings. The molecule has 0 atom stereocenters. The van der Waals surface area contributed by atoms with Gasteiger partial charge in [0.15, 0.2) is 0 Å². The third kappa shape index (κ3) is 4.68. The number of hydrogen-bond acceptors (Lipinski definition) is 3. The summed E-state index contributed by atoms with van der Waals surface area (Å²) in [6, 6.07) is 9.33. The molecule has 1 saturated heterocycles. The maximum absolute atomic E-state index is 13.1. The second kappa shape index (κ2) is 8.00. The lowest BCUT2D eigenvalue weighted by Crippen LogP contribution is -2.32. The van der Waals surface area contributed by atoms with E-state index in [2.05, 4.69) is 5.32 Å². The van der Waals surface area contributed by atoms with Crippen molar-refractivity contribution >= 4 is 17.4 Å². The minimum atomic E-state index is -4.49. The van der Waals surface area contributed by atoms with E-state index >= 15 is 0 Å². The molecule has 2 amide bonds. The van der Waals surface area contributed by atoms with Gasteiger partial charge in [-0.3, -0.25) is 0 Å². The van der Waals surface area contributed by atoms with Crippen molar-refractivity contribution in [1.29, 1.82) is 0 Å². The van der Waals surface area contributed by atoms with E-state index in [9.17, 15) is 23.1 Å². The quantitative estimate of drug-likeness (QED) is 0.793. The molecule has 5 nitrogen and oxygen atoms in total. The lowest BCUT2D eigenvalue weighted by atomic mass is 10.1. The zero-order valence-corrected chi connectivity index (χ0v) is 15.5. The van der Waals surface area contributed by atoms with Gasteiger partial charge in [-0.05, 0) is 48.7 Å². The number of hydrogen-bond donors (Lipinski definition) is 2. The molecule has 150 valence electrons. The first kappa shape index (κ1) is 19.9. The zero-order valence-electron chi connectivity index (χ0n) is 15.5.